The first-order valence-corrected chi connectivity index (χ1v) is 7.24. The van der Waals surface area contributed by atoms with Gasteiger partial charge in [0.1, 0.15) is 9.84 Å². The fourth-order valence-corrected chi connectivity index (χ4v) is 2.39. The number of sulfone groups is 1. The van der Waals surface area contributed by atoms with E-state index in [1.807, 2.05) is 0 Å². The van der Waals surface area contributed by atoms with Crippen LogP contribution in [0.3, 0.4) is 0 Å². The first-order valence-electron chi connectivity index (χ1n) is 5.18. The Balaban J connectivity index is 2.27. The van der Waals surface area contributed by atoms with E-state index in [1.54, 1.807) is 0 Å². The molecule has 0 radical (unpaired) electrons. The van der Waals surface area contributed by atoms with Crippen molar-refractivity contribution in [1.82, 2.24) is 10.6 Å². The first-order chi connectivity index (χ1) is 7.33. The smallest absolute Gasteiger partial charge is 0.305 e. The van der Waals surface area contributed by atoms with Gasteiger partial charge in [-0.25, -0.2) is 8.42 Å². The average Bonchev–Trinajstić information content (AvgIpc) is 2.05. The van der Waals surface area contributed by atoms with Crippen molar-refractivity contribution in [3.8, 4) is 0 Å². The number of carbonyl (C=O) groups is 1. The predicted octanol–water partition coefficient (Wildman–Crippen LogP) is -1.17. The van der Waals surface area contributed by atoms with E-state index in [0.717, 1.165) is 0 Å². The molecule has 7 heteroatoms. The van der Waals surface area contributed by atoms with Crippen molar-refractivity contribution in [3.63, 3.8) is 0 Å². The zero-order valence-electron chi connectivity index (χ0n) is 9.32. The van der Waals surface area contributed by atoms with E-state index in [9.17, 15) is 13.2 Å². The zero-order chi connectivity index (χ0) is 12.2. The molecule has 6 nitrogen and oxygen atoms in total. The van der Waals surface area contributed by atoms with Crippen LogP contribution in [0.25, 0.3) is 0 Å². The molecule has 0 aromatic rings. The highest BCUT2D eigenvalue weighted by Gasteiger charge is 2.38. The molecule has 1 heterocycles. The fourth-order valence-electron chi connectivity index (χ4n) is 1.72. The Labute approximate surface area is 95.3 Å². The number of hydrogen-bond donors (Lipinski definition) is 3. The van der Waals surface area contributed by atoms with Crippen LogP contribution in [0, 0.1) is 0 Å². The molecule has 1 aliphatic rings. The molecule has 1 fully saturated rings. The summed E-state index contributed by atoms with van der Waals surface area (Å²) in [5.74, 6) is -0.701. The van der Waals surface area contributed by atoms with E-state index in [4.69, 9.17) is 5.11 Å². The van der Waals surface area contributed by atoms with Crippen molar-refractivity contribution >= 4 is 15.8 Å². The Morgan fingerprint density at radius 1 is 1.50 bits per heavy atom. The van der Waals surface area contributed by atoms with Crippen LogP contribution in [0.15, 0.2) is 0 Å². The van der Waals surface area contributed by atoms with Crippen LogP contribution >= 0.6 is 0 Å². The molecule has 16 heavy (non-hydrogen) atoms. The summed E-state index contributed by atoms with van der Waals surface area (Å²) in [4.78, 5) is 10.6. The predicted molar refractivity (Wildman–Crippen MR) is 60.2 cm³/mol. The number of nitrogens with one attached hydrogen (secondary N) is 2. The van der Waals surface area contributed by atoms with Gasteiger partial charge in [-0.15, -0.1) is 0 Å². The second-order valence-electron chi connectivity index (χ2n) is 4.36. The highest BCUT2D eigenvalue weighted by atomic mass is 32.2. The lowest BCUT2D eigenvalue weighted by molar-refractivity contribution is -0.139. The largest absolute Gasteiger partial charge is 0.481 e. The highest BCUT2D eigenvalue weighted by Crippen LogP contribution is 2.15. The van der Waals surface area contributed by atoms with Crippen LogP contribution in [0.1, 0.15) is 12.8 Å². The van der Waals surface area contributed by atoms with Crippen LogP contribution in [0.2, 0.25) is 0 Å². The number of rotatable bonds is 7. The Bertz CT molecular complexity index is 349. The average molecular weight is 250 g/mol. The lowest BCUT2D eigenvalue weighted by Gasteiger charge is -2.42. The first kappa shape index (κ1) is 13.4. The van der Waals surface area contributed by atoms with Crippen LogP contribution in [-0.4, -0.2) is 56.7 Å². The molecule has 1 rings (SSSR count). The SMILES string of the molecule is CS(=O)(=O)CCCNC1(CC(=O)O)CNC1. The Morgan fingerprint density at radius 3 is 2.50 bits per heavy atom. The van der Waals surface area contributed by atoms with E-state index in [2.05, 4.69) is 10.6 Å². The Kier molecular flexibility index (Phi) is 4.28. The van der Waals surface area contributed by atoms with Gasteiger partial charge in [-0.2, -0.15) is 0 Å². The van der Waals surface area contributed by atoms with Gasteiger partial charge >= 0.3 is 5.97 Å². The topological polar surface area (TPSA) is 95.5 Å². The van der Waals surface area contributed by atoms with Gasteiger partial charge < -0.3 is 15.7 Å². The van der Waals surface area contributed by atoms with Gasteiger partial charge in [-0.05, 0) is 13.0 Å². The lowest BCUT2D eigenvalue weighted by atomic mass is 9.88. The number of carboxylic acid groups (broad SMARTS) is 1. The maximum Gasteiger partial charge on any atom is 0.305 e. The van der Waals surface area contributed by atoms with E-state index in [-0.39, 0.29) is 17.7 Å². The van der Waals surface area contributed by atoms with Gasteiger partial charge in [0.05, 0.1) is 17.7 Å². The molecular weight excluding hydrogens is 232 g/mol. The number of aliphatic carboxylic acids is 1. The molecule has 0 amide bonds. The van der Waals surface area contributed by atoms with Gasteiger partial charge in [-0.3, -0.25) is 4.79 Å². The summed E-state index contributed by atoms with van der Waals surface area (Å²) in [5.41, 5.74) is -0.386. The second kappa shape index (κ2) is 5.11. The van der Waals surface area contributed by atoms with E-state index in [0.29, 0.717) is 26.1 Å². The molecule has 0 atom stereocenters. The maximum atomic E-state index is 10.9. The van der Waals surface area contributed by atoms with Gasteiger partial charge in [0.25, 0.3) is 0 Å². The summed E-state index contributed by atoms with van der Waals surface area (Å²) in [6.07, 6.45) is 1.78. The minimum Gasteiger partial charge on any atom is -0.481 e. The van der Waals surface area contributed by atoms with Crippen LogP contribution < -0.4 is 10.6 Å². The normalized spacial score (nSPS) is 19.1. The summed E-state index contributed by atoms with van der Waals surface area (Å²) in [7, 11) is -2.93. The van der Waals surface area contributed by atoms with Gasteiger partial charge in [0, 0.05) is 19.3 Å². The third-order valence-electron chi connectivity index (χ3n) is 2.61. The Hall–Kier alpha value is -0.660. The molecule has 0 aliphatic carbocycles. The summed E-state index contributed by atoms with van der Waals surface area (Å²) in [6.45, 7) is 1.78. The van der Waals surface area contributed by atoms with Gasteiger partial charge in [0.15, 0.2) is 0 Å². The molecule has 1 aliphatic heterocycles. The van der Waals surface area contributed by atoms with Crippen LogP contribution in [0.5, 0.6) is 0 Å². The fraction of sp³-hybridized carbons (Fsp3) is 0.889. The molecule has 0 spiro atoms. The van der Waals surface area contributed by atoms with Crippen LogP contribution in [0.4, 0.5) is 0 Å². The quantitative estimate of drug-likeness (QED) is 0.493. The molecular formula is C9H18N2O4S. The van der Waals surface area contributed by atoms with Crippen molar-refractivity contribution in [3.05, 3.63) is 0 Å². The molecule has 0 saturated carbocycles. The standard InChI is InChI=1S/C9H18N2O4S/c1-16(14,15)4-2-3-11-9(5-8(12)13)6-10-7-9/h10-11H,2-7H2,1H3,(H,12,13). The van der Waals surface area contributed by atoms with E-state index >= 15 is 0 Å². The van der Waals surface area contributed by atoms with Crippen LogP contribution in [-0.2, 0) is 14.6 Å². The summed E-state index contributed by atoms with van der Waals surface area (Å²) in [6, 6.07) is 0. The maximum absolute atomic E-state index is 10.9. The van der Waals surface area contributed by atoms with Crippen molar-refractivity contribution in [2.45, 2.75) is 18.4 Å². The van der Waals surface area contributed by atoms with E-state index < -0.39 is 15.8 Å². The molecule has 1 saturated heterocycles. The van der Waals surface area contributed by atoms with Crippen molar-refractivity contribution in [2.24, 2.45) is 0 Å². The monoisotopic (exact) mass is 250 g/mol. The third kappa shape index (κ3) is 4.46. The summed E-state index contributed by atoms with van der Waals surface area (Å²) in [5, 5.41) is 14.9. The van der Waals surface area contributed by atoms with Crippen molar-refractivity contribution in [1.29, 1.82) is 0 Å². The molecule has 0 aromatic carbocycles. The highest BCUT2D eigenvalue weighted by molar-refractivity contribution is 7.90. The minimum atomic E-state index is -2.93. The molecule has 0 aromatic heterocycles. The molecule has 94 valence electrons. The minimum absolute atomic E-state index is 0.0683. The zero-order valence-corrected chi connectivity index (χ0v) is 10.1. The van der Waals surface area contributed by atoms with Crippen molar-refractivity contribution in [2.75, 3.05) is 31.6 Å². The van der Waals surface area contributed by atoms with Gasteiger partial charge in [0.2, 0.25) is 0 Å². The second-order valence-corrected chi connectivity index (χ2v) is 6.62. The lowest BCUT2D eigenvalue weighted by Crippen LogP contribution is -2.68. The van der Waals surface area contributed by atoms with Gasteiger partial charge in [-0.1, -0.05) is 0 Å². The number of hydrogen-bond acceptors (Lipinski definition) is 5. The van der Waals surface area contributed by atoms with Crippen molar-refractivity contribution < 1.29 is 18.3 Å². The molecule has 0 unspecified atom stereocenters. The Morgan fingerprint density at radius 2 is 2.12 bits per heavy atom. The summed E-state index contributed by atoms with van der Waals surface area (Å²) >= 11 is 0. The molecule has 0 bridgehead atoms. The van der Waals surface area contributed by atoms with E-state index in [1.165, 1.54) is 6.26 Å². The molecule has 3 N–H and O–H groups in total. The summed E-state index contributed by atoms with van der Waals surface area (Å²) < 4.78 is 21.8. The third-order valence-corrected chi connectivity index (χ3v) is 3.64. The number of carboxylic acids is 1.